The van der Waals surface area contributed by atoms with Crippen LogP contribution in [0.4, 0.5) is 11.5 Å². The van der Waals surface area contributed by atoms with Crippen molar-refractivity contribution in [3.8, 4) is 0 Å². The van der Waals surface area contributed by atoms with E-state index in [0.29, 0.717) is 30.5 Å². The first-order chi connectivity index (χ1) is 8.15. The number of rotatable bonds is 5. The zero-order valence-electron chi connectivity index (χ0n) is 9.37. The smallest absolute Gasteiger partial charge is 0.221 e. The minimum atomic E-state index is 0.0793. The zero-order valence-corrected chi connectivity index (χ0v) is 11.0. The van der Waals surface area contributed by atoms with Crippen LogP contribution < -0.4 is 16.4 Å². The van der Waals surface area contributed by atoms with Crippen molar-refractivity contribution in [2.45, 2.75) is 25.3 Å². The van der Waals surface area contributed by atoms with Crippen molar-refractivity contribution in [1.82, 2.24) is 10.3 Å². The summed E-state index contributed by atoms with van der Waals surface area (Å²) >= 11 is 3.29. The van der Waals surface area contributed by atoms with Gasteiger partial charge in [-0.15, -0.1) is 0 Å². The Balaban J connectivity index is 1.75. The normalized spacial score (nSPS) is 14.4. The average molecular weight is 299 g/mol. The van der Waals surface area contributed by atoms with E-state index in [1.165, 1.54) is 0 Å². The van der Waals surface area contributed by atoms with E-state index in [9.17, 15) is 4.79 Å². The predicted octanol–water partition coefficient (Wildman–Crippen LogP) is 1.51. The molecule has 92 valence electrons. The van der Waals surface area contributed by atoms with Gasteiger partial charge in [-0.2, -0.15) is 0 Å². The largest absolute Gasteiger partial charge is 0.396 e. The molecule has 1 aliphatic rings. The van der Waals surface area contributed by atoms with Crippen molar-refractivity contribution < 1.29 is 4.79 Å². The third kappa shape index (κ3) is 3.89. The fourth-order valence-corrected chi connectivity index (χ4v) is 1.77. The lowest BCUT2D eigenvalue weighted by molar-refractivity contribution is -0.120. The van der Waals surface area contributed by atoms with Gasteiger partial charge in [0.05, 0.1) is 5.69 Å². The molecule has 1 fully saturated rings. The van der Waals surface area contributed by atoms with Gasteiger partial charge in [-0.05, 0) is 34.8 Å². The minimum Gasteiger partial charge on any atom is -0.396 e. The van der Waals surface area contributed by atoms with E-state index in [-0.39, 0.29) is 5.91 Å². The molecule has 1 saturated carbocycles. The van der Waals surface area contributed by atoms with Gasteiger partial charge in [0.25, 0.3) is 0 Å². The summed E-state index contributed by atoms with van der Waals surface area (Å²) in [6, 6.07) is 2.19. The number of pyridine rings is 1. The molecule has 0 bridgehead atoms. The van der Waals surface area contributed by atoms with Gasteiger partial charge in [0.1, 0.15) is 5.82 Å². The Bertz CT molecular complexity index is 420. The Morgan fingerprint density at radius 1 is 1.59 bits per heavy atom. The van der Waals surface area contributed by atoms with Crippen LogP contribution in [0.2, 0.25) is 0 Å². The van der Waals surface area contributed by atoms with Crippen LogP contribution >= 0.6 is 15.9 Å². The number of nitrogen functional groups attached to an aromatic ring is 1. The first-order valence-corrected chi connectivity index (χ1v) is 6.38. The van der Waals surface area contributed by atoms with Crippen molar-refractivity contribution >= 4 is 33.3 Å². The van der Waals surface area contributed by atoms with E-state index < -0.39 is 0 Å². The number of aromatic nitrogens is 1. The zero-order chi connectivity index (χ0) is 12.3. The van der Waals surface area contributed by atoms with E-state index in [0.717, 1.165) is 17.3 Å². The number of amides is 1. The van der Waals surface area contributed by atoms with Crippen molar-refractivity contribution in [3.63, 3.8) is 0 Å². The molecule has 5 nitrogen and oxygen atoms in total. The highest BCUT2D eigenvalue weighted by Gasteiger charge is 2.22. The molecule has 0 unspecified atom stereocenters. The number of nitrogens with zero attached hydrogens (tertiary/aromatic N) is 1. The molecule has 1 aliphatic carbocycles. The second-order valence-corrected chi connectivity index (χ2v) is 5.03. The Morgan fingerprint density at radius 2 is 2.35 bits per heavy atom. The molecule has 6 heteroatoms. The lowest BCUT2D eigenvalue weighted by Crippen LogP contribution is -2.27. The van der Waals surface area contributed by atoms with E-state index in [2.05, 4.69) is 31.5 Å². The van der Waals surface area contributed by atoms with Crippen LogP contribution in [0.25, 0.3) is 0 Å². The number of nitrogens with two attached hydrogens (primary N) is 1. The molecule has 0 radical (unpaired) electrons. The maximum absolute atomic E-state index is 11.4. The molecule has 1 heterocycles. The van der Waals surface area contributed by atoms with Crippen LogP contribution in [0.1, 0.15) is 19.3 Å². The molecule has 0 aliphatic heterocycles. The number of carbonyl (C=O) groups excluding carboxylic acids is 1. The number of anilines is 2. The van der Waals surface area contributed by atoms with Crippen molar-refractivity contribution in [2.75, 3.05) is 17.6 Å². The highest BCUT2D eigenvalue weighted by molar-refractivity contribution is 9.10. The summed E-state index contributed by atoms with van der Waals surface area (Å²) in [6.07, 6.45) is 4.33. The summed E-state index contributed by atoms with van der Waals surface area (Å²) in [5.74, 6) is 0.697. The number of nitrogens with one attached hydrogen (secondary N) is 2. The molecule has 1 amide bonds. The summed E-state index contributed by atoms with van der Waals surface area (Å²) < 4.78 is 0.840. The molecule has 2 rings (SSSR count). The van der Waals surface area contributed by atoms with Crippen molar-refractivity contribution in [1.29, 1.82) is 0 Å². The predicted molar refractivity (Wildman–Crippen MR) is 70.6 cm³/mol. The number of hydrogen-bond acceptors (Lipinski definition) is 4. The molecular formula is C11H15BrN4O. The summed E-state index contributed by atoms with van der Waals surface area (Å²) in [5, 5.41) is 5.97. The standard InChI is InChI=1S/C11H15BrN4O/c12-7-5-9(13)11(15-6-7)14-4-3-10(17)16-8-1-2-8/h5-6,8H,1-4,13H2,(H,14,15)(H,16,17). The monoisotopic (exact) mass is 298 g/mol. The van der Waals surface area contributed by atoms with Gasteiger partial charge in [-0.3, -0.25) is 4.79 Å². The Hall–Kier alpha value is -1.30. The quantitative estimate of drug-likeness (QED) is 0.770. The molecule has 1 aromatic rings. The maximum atomic E-state index is 11.4. The highest BCUT2D eigenvalue weighted by atomic mass is 79.9. The van der Waals surface area contributed by atoms with Gasteiger partial charge in [0.15, 0.2) is 0 Å². The van der Waals surface area contributed by atoms with Crippen molar-refractivity contribution in [3.05, 3.63) is 16.7 Å². The summed E-state index contributed by atoms with van der Waals surface area (Å²) in [5.41, 5.74) is 6.34. The first kappa shape index (κ1) is 12.2. The molecule has 0 atom stereocenters. The van der Waals surface area contributed by atoms with Gasteiger partial charge in [-0.1, -0.05) is 0 Å². The van der Waals surface area contributed by atoms with Crippen LogP contribution in [0, 0.1) is 0 Å². The van der Waals surface area contributed by atoms with Gasteiger partial charge in [0, 0.05) is 29.7 Å². The SMILES string of the molecule is Nc1cc(Br)cnc1NCCC(=O)NC1CC1. The van der Waals surface area contributed by atoms with Crippen LogP contribution in [0.3, 0.4) is 0 Å². The molecule has 0 saturated heterocycles. The Labute approximate surface area is 108 Å². The van der Waals surface area contributed by atoms with Crippen molar-refractivity contribution in [2.24, 2.45) is 0 Å². The number of carbonyl (C=O) groups is 1. The van der Waals surface area contributed by atoms with Crippen LogP contribution in [-0.4, -0.2) is 23.5 Å². The summed E-state index contributed by atoms with van der Waals surface area (Å²) in [7, 11) is 0. The second-order valence-electron chi connectivity index (χ2n) is 4.11. The Kier molecular flexibility index (Phi) is 3.83. The second kappa shape index (κ2) is 5.35. The van der Waals surface area contributed by atoms with E-state index in [1.54, 1.807) is 12.3 Å². The highest BCUT2D eigenvalue weighted by Crippen LogP contribution is 2.20. The summed E-state index contributed by atoms with van der Waals surface area (Å²) in [4.78, 5) is 15.5. The molecular weight excluding hydrogens is 284 g/mol. The first-order valence-electron chi connectivity index (χ1n) is 5.59. The van der Waals surface area contributed by atoms with Gasteiger partial charge < -0.3 is 16.4 Å². The van der Waals surface area contributed by atoms with Gasteiger partial charge >= 0.3 is 0 Å². The molecule has 4 N–H and O–H groups in total. The topological polar surface area (TPSA) is 80.0 Å². The Morgan fingerprint density at radius 3 is 3.00 bits per heavy atom. The van der Waals surface area contributed by atoms with Crippen LogP contribution in [0.15, 0.2) is 16.7 Å². The number of halogens is 1. The third-order valence-corrected chi connectivity index (χ3v) is 2.90. The third-order valence-electron chi connectivity index (χ3n) is 2.47. The van der Waals surface area contributed by atoms with E-state index >= 15 is 0 Å². The lowest BCUT2D eigenvalue weighted by Gasteiger charge is -2.08. The molecule has 17 heavy (non-hydrogen) atoms. The van der Waals surface area contributed by atoms with E-state index in [4.69, 9.17) is 5.73 Å². The van der Waals surface area contributed by atoms with Gasteiger partial charge in [0.2, 0.25) is 5.91 Å². The molecule has 0 spiro atoms. The minimum absolute atomic E-state index is 0.0793. The van der Waals surface area contributed by atoms with Crippen LogP contribution in [0.5, 0.6) is 0 Å². The fourth-order valence-electron chi connectivity index (χ4n) is 1.42. The molecule has 1 aromatic heterocycles. The lowest BCUT2D eigenvalue weighted by atomic mass is 10.3. The number of hydrogen-bond donors (Lipinski definition) is 3. The fraction of sp³-hybridized carbons (Fsp3) is 0.455. The summed E-state index contributed by atoms with van der Waals surface area (Å²) in [6.45, 7) is 0.539. The molecule has 0 aromatic carbocycles. The maximum Gasteiger partial charge on any atom is 0.221 e. The van der Waals surface area contributed by atoms with Gasteiger partial charge in [-0.25, -0.2) is 4.98 Å². The van der Waals surface area contributed by atoms with E-state index in [1.807, 2.05) is 0 Å². The average Bonchev–Trinajstić information content (AvgIpc) is 3.05. The van der Waals surface area contributed by atoms with Crippen LogP contribution in [-0.2, 0) is 4.79 Å².